The predicted molar refractivity (Wildman–Crippen MR) is 108 cm³/mol. The van der Waals surface area contributed by atoms with E-state index in [2.05, 4.69) is 27.7 Å². The van der Waals surface area contributed by atoms with Crippen molar-refractivity contribution in [3.8, 4) is 0 Å². The van der Waals surface area contributed by atoms with Gasteiger partial charge in [0.25, 0.3) is 0 Å². The van der Waals surface area contributed by atoms with Crippen molar-refractivity contribution in [2.24, 2.45) is 11.8 Å². The Morgan fingerprint density at radius 3 is 1.46 bits per heavy atom. The predicted octanol–water partition coefficient (Wildman–Crippen LogP) is 6.73. The minimum Gasteiger partial charge on any atom is -0.393 e. The van der Waals surface area contributed by atoms with E-state index in [9.17, 15) is 0 Å². The molecule has 0 heterocycles. The summed E-state index contributed by atoms with van der Waals surface area (Å²) in [7, 11) is 0. The van der Waals surface area contributed by atoms with E-state index < -0.39 is 0 Å². The molecule has 4 unspecified atom stereocenters. The molecule has 0 saturated heterocycles. The van der Waals surface area contributed by atoms with Gasteiger partial charge in [-0.3, -0.25) is 0 Å². The largest absolute Gasteiger partial charge is 0.393 e. The lowest BCUT2D eigenvalue weighted by molar-refractivity contribution is 0.173. The van der Waals surface area contributed by atoms with E-state index in [0.717, 1.165) is 24.7 Å². The average molecular weight is 345 g/mol. The second-order valence-electron chi connectivity index (χ2n) is 8.05. The van der Waals surface area contributed by atoms with Crippen LogP contribution in [0.4, 0.5) is 0 Å². The molecule has 0 fully saturated rings. The zero-order chi connectivity index (χ0) is 18.8. The van der Waals surface area contributed by atoms with Crippen LogP contribution in [0.5, 0.6) is 0 Å². The summed E-state index contributed by atoms with van der Waals surface area (Å²) in [5, 5.41) is 18.1. The normalized spacial score (nSPS) is 16.0. The summed E-state index contributed by atoms with van der Waals surface area (Å²) in [6.07, 6.45) is 14.7. The summed E-state index contributed by atoms with van der Waals surface area (Å²) < 4.78 is 0. The van der Waals surface area contributed by atoms with E-state index in [1.807, 2.05) is 13.8 Å². The maximum absolute atomic E-state index is 9.07. The minimum absolute atomic E-state index is 0.108. The molecule has 0 spiro atoms. The monoisotopic (exact) mass is 344 g/mol. The first-order chi connectivity index (χ1) is 11.3. The van der Waals surface area contributed by atoms with Crippen molar-refractivity contribution < 1.29 is 10.2 Å². The van der Waals surface area contributed by atoms with Crippen molar-refractivity contribution in [1.29, 1.82) is 0 Å². The first kappa shape index (κ1) is 26.2. The lowest BCUT2D eigenvalue weighted by Crippen LogP contribution is -2.03. The Morgan fingerprint density at radius 1 is 0.500 bits per heavy atom. The molecule has 0 radical (unpaired) electrons. The molecule has 0 bridgehead atoms. The molecular formula is C22H48O2. The molecule has 0 amide bonds. The van der Waals surface area contributed by atoms with Gasteiger partial charge < -0.3 is 10.2 Å². The molecule has 0 aliphatic carbocycles. The summed E-state index contributed by atoms with van der Waals surface area (Å²) in [4.78, 5) is 0. The van der Waals surface area contributed by atoms with Gasteiger partial charge in [-0.2, -0.15) is 0 Å². The topological polar surface area (TPSA) is 40.5 Å². The van der Waals surface area contributed by atoms with Crippen molar-refractivity contribution in [3.63, 3.8) is 0 Å². The Morgan fingerprint density at radius 2 is 0.958 bits per heavy atom. The minimum atomic E-state index is -0.112. The fourth-order valence-corrected chi connectivity index (χ4v) is 2.87. The molecular weight excluding hydrogens is 296 g/mol. The standard InChI is InChI=1S/2C11H24O/c1-4-5-7-10(2)8-6-9-11(3)12;1-4-5-6-7-10(2)8-9-11(3)12/h2*10-12H,4-9H2,1-3H3. The lowest BCUT2D eigenvalue weighted by atomic mass is 9.97. The quantitative estimate of drug-likeness (QED) is 0.343. The fourth-order valence-electron chi connectivity index (χ4n) is 2.87. The van der Waals surface area contributed by atoms with E-state index in [4.69, 9.17) is 10.2 Å². The molecule has 148 valence electrons. The van der Waals surface area contributed by atoms with Crippen LogP contribution in [0.2, 0.25) is 0 Å². The van der Waals surface area contributed by atoms with Gasteiger partial charge in [0.15, 0.2) is 0 Å². The van der Waals surface area contributed by atoms with Gasteiger partial charge in [-0.1, -0.05) is 85.5 Å². The van der Waals surface area contributed by atoms with Gasteiger partial charge >= 0.3 is 0 Å². The smallest absolute Gasteiger partial charge is 0.0512 e. The summed E-state index contributed by atoms with van der Waals surface area (Å²) in [6.45, 7) is 12.8. The highest BCUT2D eigenvalue weighted by Gasteiger charge is 2.04. The van der Waals surface area contributed by atoms with Crippen LogP contribution in [-0.2, 0) is 0 Å². The first-order valence-corrected chi connectivity index (χ1v) is 10.7. The highest BCUT2D eigenvalue weighted by molar-refractivity contribution is 4.57. The third kappa shape index (κ3) is 24.2. The molecule has 2 heteroatoms. The van der Waals surface area contributed by atoms with Crippen LogP contribution in [0.15, 0.2) is 0 Å². The van der Waals surface area contributed by atoms with Gasteiger partial charge in [0.05, 0.1) is 12.2 Å². The molecule has 0 saturated carbocycles. The van der Waals surface area contributed by atoms with Gasteiger partial charge in [0.2, 0.25) is 0 Å². The maximum atomic E-state index is 9.07. The maximum Gasteiger partial charge on any atom is 0.0512 e. The zero-order valence-corrected chi connectivity index (χ0v) is 17.7. The Labute approximate surface area is 153 Å². The van der Waals surface area contributed by atoms with Crippen molar-refractivity contribution in [2.75, 3.05) is 0 Å². The van der Waals surface area contributed by atoms with Crippen molar-refractivity contribution >= 4 is 0 Å². The SMILES string of the molecule is CCCCC(C)CCCC(C)O.CCCCCC(C)CCC(C)O. The first-order valence-electron chi connectivity index (χ1n) is 10.7. The number of hydrogen-bond acceptors (Lipinski definition) is 2. The number of aliphatic hydroxyl groups is 2. The van der Waals surface area contributed by atoms with Gasteiger partial charge in [-0.15, -0.1) is 0 Å². The van der Waals surface area contributed by atoms with Crippen LogP contribution in [0, 0.1) is 11.8 Å². The summed E-state index contributed by atoms with van der Waals surface area (Å²) in [5.74, 6) is 1.65. The summed E-state index contributed by atoms with van der Waals surface area (Å²) in [5.41, 5.74) is 0. The van der Waals surface area contributed by atoms with Gasteiger partial charge in [0, 0.05) is 0 Å². The van der Waals surface area contributed by atoms with Crippen molar-refractivity contribution in [1.82, 2.24) is 0 Å². The molecule has 2 N–H and O–H groups in total. The van der Waals surface area contributed by atoms with Crippen LogP contribution < -0.4 is 0 Å². The number of rotatable bonds is 14. The third-order valence-corrected chi connectivity index (χ3v) is 4.75. The van der Waals surface area contributed by atoms with Gasteiger partial charge in [0.1, 0.15) is 0 Å². The fraction of sp³-hybridized carbons (Fsp3) is 1.00. The molecule has 24 heavy (non-hydrogen) atoms. The third-order valence-electron chi connectivity index (χ3n) is 4.75. The van der Waals surface area contributed by atoms with Crippen molar-refractivity contribution in [2.45, 2.75) is 131 Å². The Bertz CT molecular complexity index is 226. The zero-order valence-electron chi connectivity index (χ0n) is 17.7. The molecule has 0 aliphatic rings. The molecule has 0 rings (SSSR count). The molecule has 0 aliphatic heterocycles. The van der Waals surface area contributed by atoms with Crippen LogP contribution in [-0.4, -0.2) is 22.4 Å². The average Bonchev–Trinajstić information content (AvgIpc) is 2.51. The van der Waals surface area contributed by atoms with Crippen LogP contribution in [0.25, 0.3) is 0 Å². The Balaban J connectivity index is 0. The lowest BCUT2D eigenvalue weighted by Gasteiger charge is -2.11. The van der Waals surface area contributed by atoms with E-state index in [1.54, 1.807) is 0 Å². The highest BCUT2D eigenvalue weighted by Crippen LogP contribution is 2.16. The molecule has 2 nitrogen and oxygen atoms in total. The summed E-state index contributed by atoms with van der Waals surface area (Å²) >= 11 is 0. The number of hydrogen-bond donors (Lipinski definition) is 2. The molecule has 0 aromatic rings. The molecule has 0 aromatic carbocycles. The molecule has 4 atom stereocenters. The Kier molecular flexibility index (Phi) is 21.0. The van der Waals surface area contributed by atoms with Crippen LogP contribution >= 0.6 is 0 Å². The highest BCUT2D eigenvalue weighted by atomic mass is 16.3. The number of unbranched alkanes of at least 4 members (excludes halogenated alkanes) is 3. The molecule has 0 aromatic heterocycles. The second-order valence-corrected chi connectivity index (χ2v) is 8.05. The van der Waals surface area contributed by atoms with E-state index in [-0.39, 0.29) is 12.2 Å². The summed E-state index contributed by atoms with van der Waals surface area (Å²) in [6, 6.07) is 0. The second kappa shape index (κ2) is 19.2. The van der Waals surface area contributed by atoms with E-state index in [0.29, 0.717) is 0 Å². The van der Waals surface area contributed by atoms with E-state index in [1.165, 1.54) is 64.2 Å². The van der Waals surface area contributed by atoms with Crippen molar-refractivity contribution in [3.05, 3.63) is 0 Å². The van der Waals surface area contributed by atoms with Gasteiger partial charge in [-0.25, -0.2) is 0 Å². The van der Waals surface area contributed by atoms with Gasteiger partial charge in [-0.05, 0) is 44.9 Å². The van der Waals surface area contributed by atoms with Crippen LogP contribution in [0.3, 0.4) is 0 Å². The Hall–Kier alpha value is -0.0800. The number of aliphatic hydroxyl groups excluding tert-OH is 2. The van der Waals surface area contributed by atoms with Crippen LogP contribution in [0.1, 0.15) is 119 Å². The van der Waals surface area contributed by atoms with E-state index >= 15 is 0 Å².